The number of aryl methyl sites for hydroxylation is 1. The van der Waals surface area contributed by atoms with Gasteiger partial charge in [-0.05, 0) is 38.1 Å². The molecule has 1 aromatic carbocycles. The lowest BCUT2D eigenvalue weighted by Gasteiger charge is -2.39. The molecule has 0 radical (unpaired) electrons. The summed E-state index contributed by atoms with van der Waals surface area (Å²) >= 11 is 0. The number of imidazole rings is 1. The molecule has 1 aromatic heterocycles. The average Bonchev–Trinajstić information content (AvgIpc) is 3.07. The summed E-state index contributed by atoms with van der Waals surface area (Å²) in [5.41, 5.74) is 1.49. The van der Waals surface area contributed by atoms with Crippen LogP contribution in [-0.4, -0.2) is 63.7 Å². The molecule has 2 aliphatic heterocycles. The molecule has 2 atom stereocenters. The van der Waals surface area contributed by atoms with E-state index in [2.05, 4.69) is 20.4 Å². The van der Waals surface area contributed by atoms with Gasteiger partial charge in [0.2, 0.25) is 0 Å². The number of aliphatic carboxylic acids is 1. The lowest BCUT2D eigenvalue weighted by molar-refractivity contribution is -0.153. The van der Waals surface area contributed by atoms with E-state index in [-0.39, 0.29) is 5.92 Å². The van der Waals surface area contributed by atoms with Crippen LogP contribution in [-0.2, 0) is 18.4 Å². The van der Waals surface area contributed by atoms with E-state index in [9.17, 15) is 9.90 Å². The Labute approximate surface area is 141 Å². The Bertz CT molecular complexity index is 786. The SMILES string of the molecule is CN1CC[C@H]2CN(Cc3nc4ccccc4n3C)C[C@@]2(C(=O)O)C1. The van der Waals surface area contributed by atoms with Gasteiger partial charge in [-0.15, -0.1) is 0 Å². The molecule has 6 nitrogen and oxygen atoms in total. The number of hydrogen-bond acceptors (Lipinski definition) is 4. The first kappa shape index (κ1) is 15.6. The molecule has 0 saturated carbocycles. The maximum atomic E-state index is 12.0. The highest BCUT2D eigenvalue weighted by Crippen LogP contribution is 2.42. The average molecular weight is 328 g/mol. The molecular weight excluding hydrogens is 304 g/mol. The fraction of sp³-hybridized carbons (Fsp3) is 0.556. The molecule has 0 bridgehead atoms. The Balaban J connectivity index is 1.59. The Morgan fingerprint density at radius 2 is 2.12 bits per heavy atom. The minimum absolute atomic E-state index is 0.237. The molecule has 4 rings (SSSR count). The molecule has 1 N–H and O–H groups in total. The maximum Gasteiger partial charge on any atom is 0.312 e. The van der Waals surface area contributed by atoms with Gasteiger partial charge in [0.05, 0.1) is 23.0 Å². The van der Waals surface area contributed by atoms with Crippen molar-refractivity contribution in [3.63, 3.8) is 0 Å². The highest BCUT2D eigenvalue weighted by Gasteiger charge is 2.54. The maximum absolute atomic E-state index is 12.0. The number of carboxylic acid groups (broad SMARTS) is 1. The molecule has 2 aromatic rings. The summed E-state index contributed by atoms with van der Waals surface area (Å²) in [6, 6.07) is 8.12. The van der Waals surface area contributed by atoms with Gasteiger partial charge >= 0.3 is 5.97 Å². The monoisotopic (exact) mass is 328 g/mol. The Kier molecular flexibility index (Phi) is 3.62. The van der Waals surface area contributed by atoms with Crippen molar-refractivity contribution in [3.8, 4) is 0 Å². The highest BCUT2D eigenvalue weighted by molar-refractivity contribution is 5.77. The third kappa shape index (κ3) is 2.32. The van der Waals surface area contributed by atoms with Crippen LogP contribution >= 0.6 is 0 Å². The van der Waals surface area contributed by atoms with Crippen molar-refractivity contribution in [2.75, 3.05) is 33.2 Å². The smallest absolute Gasteiger partial charge is 0.312 e. The molecule has 0 unspecified atom stereocenters. The predicted octanol–water partition coefficient (Wildman–Crippen LogP) is 1.41. The van der Waals surface area contributed by atoms with E-state index in [0.29, 0.717) is 19.6 Å². The topological polar surface area (TPSA) is 61.6 Å². The number of hydrogen-bond donors (Lipinski definition) is 1. The van der Waals surface area contributed by atoms with Gasteiger partial charge in [0.15, 0.2) is 0 Å². The molecule has 6 heteroatoms. The van der Waals surface area contributed by atoms with Gasteiger partial charge in [-0.2, -0.15) is 0 Å². The molecule has 0 amide bonds. The van der Waals surface area contributed by atoms with E-state index in [4.69, 9.17) is 4.98 Å². The summed E-state index contributed by atoms with van der Waals surface area (Å²) in [5, 5.41) is 9.90. The van der Waals surface area contributed by atoms with Crippen LogP contribution in [0.25, 0.3) is 11.0 Å². The standard InChI is InChI=1S/C18H24N4O2/c1-20-8-7-13-9-22(12-18(13,11-20)17(23)24)10-16-19-14-5-3-4-6-15(14)21(16)2/h3-6,13H,7-12H2,1-2H3,(H,23,24)/t13-,18-/m0/s1. The van der Waals surface area contributed by atoms with Crippen molar-refractivity contribution in [3.05, 3.63) is 30.1 Å². The van der Waals surface area contributed by atoms with Crippen LogP contribution < -0.4 is 0 Å². The lowest BCUT2D eigenvalue weighted by Crippen LogP contribution is -2.52. The first-order valence-corrected chi connectivity index (χ1v) is 8.54. The second kappa shape index (κ2) is 5.57. The third-order valence-electron chi connectivity index (χ3n) is 5.85. The summed E-state index contributed by atoms with van der Waals surface area (Å²) in [7, 11) is 4.06. The molecule has 2 saturated heterocycles. The van der Waals surface area contributed by atoms with Crippen LogP contribution in [0.5, 0.6) is 0 Å². The summed E-state index contributed by atoms with van der Waals surface area (Å²) in [6.45, 7) is 3.80. The number of likely N-dealkylation sites (tertiary alicyclic amines) is 2. The second-order valence-electron chi connectivity index (χ2n) is 7.43. The van der Waals surface area contributed by atoms with Gasteiger partial charge in [0.25, 0.3) is 0 Å². The minimum atomic E-state index is -0.647. The first-order chi connectivity index (χ1) is 11.5. The number of carboxylic acids is 1. The van der Waals surface area contributed by atoms with Crippen LogP contribution in [0.1, 0.15) is 12.2 Å². The van der Waals surface area contributed by atoms with Gasteiger partial charge in [-0.3, -0.25) is 9.69 Å². The van der Waals surface area contributed by atoms with E-state index in [1.165, 1.54) is 0 Å². The van der Waals surface area contributed by atoms with Crippen molar-refractivity contribution in [1.29, 1.82) is 0 Å². The van der Waals surface area contributed by atoms with E-state index in [1.54, 1.807) is 0 Å². The molecule has 2 aliphatic rings. The van der Waals surface area contributed by atoms with Crippen LogP contribution in [0, 0.1) is 11.3 Å². The Morgan fingerprint density at radius 3 is 2.88 bits per heavy atom. The summed E-state index contributed by atoms with van der Waals surface area (Å²) in [6.07, 6.45) is 0.960. The van der Waals surface area contributed by atoms with E-state index < -0.39 is 11.4 Å². The molecule has 3 heterocycles. The normalized spacial score (nSPS) is 28.3. The van der Waals surface area contributed by atoms with Crippen molar-refractivity contribution >= 4 is 17.0 Å². The Morgan fingerprint density at radius 1 is 1.33 bits per heavy atom. The molecular formula is C18H24N4O2. The van der Waals surface area contributed by atoms with Gasteiger partial charge < -0.3 is 14.6 Å². The third-order valence-corrected chi connectivity index (χ3v) is 5.85. The zero-order valence-corrected chi connectivity index (χ0v) is 14.3. The number of piperidine rings is 1. The highest BCUT2D eigenvalue weighted by atomic mass is 16.4. The quantitative estimate of drug-likeness (QED) is 0.923. The van der Waals surface area contributed by atoms with Gasteiger partial charge in [0, 0.05) is 26.7 Å². The summed E-state index contributed by atoms with van der Waals surface area (Å²) < 4.78 is 2.12. The first-order valence-electron chi connectivity index (χ1n) is 8.54. The van der Waals surface area contributed by atoms with Crippen molar-refractivity contribution in [2.24, 2.45) is 18.4 Å². The van der Waals surface area contributed by atoms with E-state index in [0.717, 1.165) is 36.4 Å². The number of nitrogens with zero attached hydrogens (tertiary/aromatic N) is 4. The lowest BCUT2D eigenvalue weighted by atomic mass is 9.73. The van der Waals surface area contributed by atoms with Crippen molar-refractivity contribution in [1.82, 2.24) is 19.4 Å². The van der Waals surface area contributed by atoms with Gasteiger partial charge in [0.1, 0.15) is 5.82 Å². The fourth-order valence-electron chi connectivity index (χ4n) is 4.53. The minimum Gasteiger partial charge on any atom is -0.481 e. The Hall–Kier alpha value is -1.92. The number of carbonyl (C=O) groups is 1. The van der Waals surface area contributed by atoms with Crippen LogP contribution in [0.15, 0.2) is 24.3 Å². The number of benzene rings is 1. The summed E-state index contributed by atoms with van der Waals surface area (Å²) in [5.74, 6) is 0.594. The van der Waals surface area contributed by atoms with Gasteiger partial charge in [-0.1, -0.05) is 12.1 Å². The number of aromatic nitrogens is 2. The zero-order chi connectivity index (χ0) is 16.9. The van der Waals surface area contributed by atoms with E-state index >= 15 is 0 Å². The van der Waals surface area contributed by atoms with Gasteiger partial charge in [-0.25, -0.2) is 4.98 Å². The molecule has 2 fully saturated rings. The molecule has 24 heavy (non-hydrogen) atoms. The zero-order valence-electron chi connectivity index (χ0n) is 14.3. The van der Waals surface area contributed by atoms with Crippen molar-refractivity contribution < 1.29 is 9.90 Å². The number of fused-ring (bicyclic) bond motifs is 2. The largest absolute Gasteiger partial charge is 0.481 e. The van der Waals surface area contributed by atoms with Crippen LogP contribution in [0.2, 0.25) is 0 Å². The predicted molar refractivity (Wildman–Crippen MR) is 91.7 cm³/mol. The van der Waals surface area contributed by atoms with Crippen LogP contribution in [0.4, 0.5) is 0 Å². The van der Waals surface area contributed by atoms with Crippen LogP contribution in [0.3, 0.4) is 0 Å². The second-order valence-corrected chi connectivity index (χ2v) is 7.43. The fourth-order valence-corrected chi connectivity index (χ4v) is 4.53. The summed E-state index contributed by atoms with van der Waals surface area (Å²) in [4.78, 5) is 21.2. The molecule has 0 aliphatic carbocycles. The molecule has 0 spiro atoms. The molecule has 128 valence electrons. The number of rotatable bonds is 3. The number of para-hydroxylation sites is 2. The van der Waals surface area contributed by atoms with Crippen molar-refractivity contribution in [2.45, 2.75) is 13.0 Å². The van der Waals surface area contributed by atoms with E-state index in [1.807, 2.05) is 32.3 Å².